The highest BCUT2D eigenvalue weighted by atomic mass is 15.4. The molecule has 3 N–H and O–H groups in total. The van der Waals surface area contributed by atoms with Crippen LogP contribution in [0.2, 0.25) is 0 Å². The van der Waals surface area contributed by atoms with Crippen molar-refractivity contribution in [1.82, 2.24) is 15.2 Å². The summed E-state index contributed by atoms with van der Waals surface area (Å²) in [5.74, 6) is 2.33. The third-order valence-electron chi connectivity index (χ3n) is 5.53. The normalized spacial score (nSPS) is 29.5. The molecule has 1 aromatic heterocycles. The maximum Gasteiger partial charge on any atom is 0.244 e. The average Bonchev–Trinajstić information content (AvgIpc) is 2.70. The van der Waals surface area contributed by atoms with E-state index in [0.29, 0.717) is 16.7 Å². The minimum atomic E-state index is 0.254. The lowest BCUT2D eigenvalue weighted by atomic mass is 10.0. The Bertz CT molecular complexity index is 462. The zero-order chi connectivity index (χ0) is 13.8. The monoisotopic (exact) mass is 263 g/mol. The SMILES string of the molecule is CC1(C)C(c2nc(N3CCCC(N)C3)n[nH]2)C1(C)C. The fraction of sp³-hybridized carbons (Fsp3) is 0.857. The van der Waals surface area contributed by atoms with Gasteiger partial charge in [-0.25, -0.2) is 0 Å². The predicted octanol–water partition coefficient (Wildman–Crippen LogP) is 1.88. The van der Waals surface area contributed by atoms with E-state index in [1.54, 1.807) is 0 Å². The average molecular weight is 263 g/mol. The first-order chi connectivity index (χ1) is 8.84. The quantitative estimate of drug-likeness (QED) is 0.854. The molecular formula is C14H25N5. The van der Waals surface area contributed by atoms with Crippen LogP contribution >= 0.6 is 0 Å². The molecule has 0 radical (unpaired) electrons. The van der Waals surface area contributed by atoms with Crippen LogP contribution < -0.4 is 10.6 Å². The van der Waals surface area contributed by atoms with Crippen LogP contribution in [-0.4, -0.2) is 34.3 Å². The van der Waals surface area contributed by atoms with Crippen molar-refractivity contribution in [3.8, 4) is 0 Å². The summed E-state index contributed by atoms with van der Waals surface area (Å²) in [5, 5.41) is 7.55. The topological polar surface area (TPSA) is 70.8 Å². The lowest BCUT2D eigenvalue weighted by molar-refractivity contribution is 0.457. The number of nitrogens with two attached hydrogens (primary N) is 1. The fourth-order valence-electron chi connectivity index (χ4n) is 3.61. The molecule has 5 heteroatoms. The van der Waals surface area contributed by atoms with Crippen LogP contribution in [0.5, 0.6) is 0 Å². The van der Waals surface area contributed by atoms with Crippen molar-refractivity contribution >= 4 is 5.95 Å². The van der Waals surface area contributed by atoms with Crippen molar-refractivity contribution < 1.29 is 0 Å². The molecule has 2 heterocycles. The molecule has 1 aliphatic heterocycles. The first-order valence-corrected chi connectivity index (χ1v) is 7.27. The van der Waals surface area contributed by atoms with Crippen LogP contribution in [-0.2, 0) is 0 Å². The number of anilines is 1. The van der Waals surface area contributed by atoms with E-state index < -0.39 is 0 Å². The van der Waals surface area contributed by atoms with Crippen LogP contribution in [0.1, 0.15) is 52.3 Å². The van der Waals surface area contributed by atoms with E-state index in [0.717, 1.165) is 37.7 Å². The third-order valence-corrected chi connectivity index (χ3v) is 5.53. The van der Waals surface area contributed by atoms with Crippen LogP contribution in [0.25, 0.3) is 0 Å². The van der Waals surface area contributed by atoms with Crippen LogP contribution in [0.3, 0.4) is 0 Å². The maximum atomic E-state index is 6.02. The summed E-state index contributed by atoms with van der Waals surface area (Å²) in [6.07, 6.45) is 2.24. The van der Waals surface area contributed by atoms with Gasteiger partial charge >= 0.3 is 0 Å². The molecule has 1 aromatic rings. The second kappa shape index (κ2) is 3.95. The molecule has 5 nitrogen and oxygen atoms in total. The van der Waals surface area contributed by atoms with Crippen LogP contribution in [0.15, 0.2) is 0 Å². The molecule has 2 aliphatic rings. The Morgan fingerprint density at radius 3 is 2.53 bits per heavy atom. The van der Waals surface area contributed by atoms with Gasteiger partial charge in [-0.2, -0.15) is 4.98 Å². The molecule has 106 valence electrons. The number of H-pyrrole nitrogens is 1. The third kappa shape index (κ3) is 1.86. The Morgan fingerprint density at radius 1 is 1.26 bits per heavy atom. The Morgan fingerprint density at radius 2 is 1.95 bits per heavy atom. The Hall–Kier alpha value is -1.10. The van der Waals surface area contributed by atoms with Crippen LogP contribution in [0, 0.1) is 10.8 Å². The van der Waals surface area contributed by atoms with E-state index in [-0.39, 0.29) is 6.04 Å². The second-order valence-electron chi connectivity index (χ2n) is 7.25. The summed E-state index contributed by atoms with van der Waals surface area (Å²) in [6.45, 7) is 11.1. The zero-order valence-electron chi connectivity index (χ0n) is 12.4. The molecule has 1 unspecified atom stereocenters. The van der Waals surface area contributed by atoms with Crippen molar-refractivity contribution in [2.24, 2.45) is 16.6 Å². The van der Waals surface area contributed by atoms with Gasteiger partial charge in [0.15, 0.2) is 0 Å². The van der Waals surface area contributed by atoms with Crippen molar-refractivity contribution in [2.75, 3.05) is 18.0 Å². The number of hydrogen-bond acceptors (Lipinski definition) is 4. The molecule has 0 aromatic carbocycles. The van der Waals surface area contributed by atoms with Gasteiger partial charge < -0.3 is 10.6 Å². The maximum absolute atomic E-state index is 6.02. The highest BCUT2D eigenvalue weighted by Crippen LogP contribution is 2.72. The molecular weight excluding hydrogens is 238 g/mol. The zero-order valence-corrected chi connectivity index (χ0v) is 12.4. The second-order valence-corrected chi connectivity index (χ2v) is 7.25. The molecule has 1 atom stereocenters. The number of piperidine rings is 1. The van der Waals surface area contributed by atoms with Gasteiger partial charge in [0.05, 0.1) is 0 Å². The standard InChI is InChI=1S/C14H25N5/c1-13(2)10(14(13,3)4)11-16-12(18-17-11)19-7-5-6-9(15)8-19/h9-10H,5-8,15H2,1-4H3,(H,16,17,18). The molecule has 0 amide bonds. The highest BCUT2D eigenvalue weighted by Gasteiger charge is 2.66. The molecule has 1 aliphatic carbocycles. The van der Waals surface area contributed by atoms with Gasteiger partial charge in [-0.15, -0.1) is 5.10 Å². The van der Waals surface area contributed by atoms with E-state index >= 15 is 0 Å². The first kappa shape index (κ1) is 12.9. The van der Waals surface area contributed by atoms with E-state index in [1.165, 1.54) is 0 Å². The van der Waals surface area contributed by atoms with Gasteiger partial charge in [-0.1, -0.05) is 27.7 Å². The predicted molar refractivity (Wildman–Crippen MR) is 76.1 cm³/mol. The number of aromatic nitrogens is 3. The van der Waals surface area contributed by atoms with Crippen molar-refractivity contribution in [1.29, 1.82) is 0 Å². The van der Waals surface area contributed by atoms with E-state index in [2.05, 4.69) is 42.8 Å². The molecule has 2 fully saturated rings. The number of rotatable bonds is 2. The van der Waals surface area contributed by atoms with Crippen molar-refractivity contribution in [3.63, 3.8) is 0 Å². The molecule has 19 heavy (non-hydrogen) atoms. The van der Waals surface area contributed by atoms with Gasteiger partial charge in [0.25, 0.3) is 0 Å². The number of nitrogens with zero attached hydrogens (tertiary/aromatic N) is 3. The Balaban J connectivity index is 1.78. The van der Waals surface area contributed by atoms with E-state index in [9.17, 15) is 0 Å². The lowest BCUT2D eigenvalue weighted by Crippen LogP contribution is -2.43. The highest BCUT2D eigenvalue weighted by molar-refractivity contribution is 5.34. The van der Waals surface area contributed by atoms with E-state index in [4.69, 9.17) is 10.7 Å². The summed E-state index contributed by atoms with van der Waals surface area (Å²) >= 11 is 0. The molecule has 0 bridgehead atoms. The molecule has 1 saturated carbocycles. The number of nitrogens with one attached hydrogen (secondary N) is 1. The van der Waals surface area contributed by atoms with Gasteiger partial charge in [-0.3, -0.25) is 5.10 Å². The number of hydrogen-bond donors (Lipinski definition) is 2. The Labute approximate surface area is 115 Å². The molecule has 1 saturated heterocycles. The van der Waals surface area contributed by atoms with Crippen molar-refractivity contribution in [2.45, 2.75) is 52.5 Å². The Kier molecular flexibility index (Phi) is 2.68. The van der Waals surface area contributed by atoms with E-state index in [1.807, 2.05) is 0 Å². The van der Waals surface area contributed by atoms with Crippen LogP contribution in [0.4, 0.5) is 5.95 Å². The summed E-state index contributed by atoms with van der Waals surface area (Å²) in [7, 11) is 0. The van der Waals surface area contributed by atoms with Gasteiger partial charge in [0.1, 0.15) is 5.82 Å². The number of aromatic amines is 1. The van der Waals surface area contributed by atoms with Gasteiger partial charge in [-0.05, 0) is 23.7 Å². The van der Waals surface area contributed by atoms with Gasteiger partial charge in [0, 0.05) is 25.0 Å². The summed E-state index contributed by atoms with van der Waals surface area (Å²) in [4.78, 5) is 6.93. The molecule has 0 spiro atoms. The molecule has 3 rings (SSSR count). The van der Waals surface area contributed by atoms with Gasteiger partial charge in [0.2, 0.25) is 5.95 Å². The summed E-state index contributed by atoms with van der Waals surface area (Å²) in [6, 6.07) is 0.254. The summed E-state index contributed by atoms with van der Waals surface area (Å²) in [5.41, 5.74) is 6.61. The largest absolute Gasteiger partial charge is 0.338 e. The minimum Gasteiger partial charge on any atom is -0.338 e. The van der Waals surface area contributed by atoms with Crippen molar-refractivity contribution in [3.05, 3.63) is 5.82 Å². The minimum absolute atomic E-state index is 0.254. The summed E-state index contributed by atoms with van der Waals surface area (Å²) < 4.78 is 0. The smallest absolute Gasteiger partial charge is 0.244 e. The first-order valence-electron chi connectivity index (χ1n) is 7.27. The lowest BCUT2D eigenvalue weighted by Gasteiger charge is -2.29. The fourth-order valence-corrected chi connectivity index (χ4v) is 3.61.